The van der Waals surface area contributed by atoms with Gasteiger partial charge in [0.15, 0.2) is 0 Å². The Morgan fingerprint density at radius 1 is 1.40 bits per heavy atom. The summed E-state index contributed by atoms with van der Waals surface area (Å²) in [5, 5.41) is 7.51. The van der Waals surface area contributed by atoms with E-state index in [1.54, 1.807) is 6.07 Å². The first kappa shape index (κ1) is 10.1. The van der Waals surface area contributed by atoms with Gasteiger partial charge in [0.2, 0.25) is 5.89 Å². The van der Waals surface area contributed by atoms with Gasteiger partial charge in [-0.1, -0.05) is 17.7 Å². The van der Waals surface area contributed by atoms with Gasteiger partial charge in [0.05, 0.1) is 17.1 Å². The van der Waals surface area contributed by atoms with Crippen LogP contribution in [0.4, 0.5) is 4.39 Å². The molecule has 2 aromatic rings. The summed E-state index contributed by atoms with van der Waals surface area (Å²) in [6.45, 7) is 0.110. The number of nitrogens with zero attached hydrogens (tertiary/aromatic N) is 2. The summed E-state index contributed by atoms with van der Waals surface area (Å²) in [6.07, 6.45) is 0. The van der Waals surface area contributed by atoms with Gasteiger partial charge in [0.1, 0.15) is 5.82 Å². The molecule has 0 aliphatic heterocycles. The zero-order valence-corrected chi connectivity index (χ0v) is 8.33. The Hall–Kier alpha value is -1.46. The molecule has 0 aliphatic rings. The van der Waals surface area contributed by atoms with E-state index in [2.05, 4.69) is 10.2 Å². The fourth-order valence-electron chi connectivity index (χ4n) is 1.14. The largest absolute Gasteiger partial charge is 0.419 e. The van der Waals surface area contributed by atoms with E-state index in [-0.39, 0.29) is 28.9 Å². The summed E-state index contributed by atoms with van der Waals surface area (Å²) in [5.41, 5.74) is 5.40. The molecule has 78 valence electrons. The topological polar surface area (TPSA) is 64.9 Å². The quantitative estimate of drug-likeness (QED) is 0.852. The first-order chi connectivity index (χ1) is 7.22. The predicted molar refractivity (Wildman–Crippen MR) is 52.6 cm³/mol. The Bertz CT molecular complexity index is 466. The molecule has 0 unspecified atom stereocenters. The molecular weight excluding hydrogens is 221 g/mol. The van der Waals surface area contributed by atoms with Gasteiger partial charge in [-0.2, -0.15) is 0 Å². The Morgan fingerprint density at radius 3 is 2.80 bits per heavy atom. The molecule has 2 N–H and O–H groups in total. The van der Waals surface area contributed by atoms with Crippen LogP contribution >= 0.6 is 11.6 Å². The van der Waals surface area contributed by atoms with Crippen molar-refractivity contribution in [2.24, 2.45) is 5.73 Å². The van der Waals surface area contributed by atoms with Gasteiger partial charge >= 0.3 is 0 Å². The summed E-state index contributed by atoms with van der Waals surface area (Å²) in [7, 11) is 0. The van der Waals surface area contributed by atoms with E-state index in [0.29, 0.717) is 0 Å². The van der Waals surface area contributed by atoms with Gasteiger partial charge in [0, 0.05) is 0 Å². The Kier molecular flexibility index (Phi) is 2.66. The molecule has 0 saturated carbocycles. The van der Waals surface area contributed by atoms with Crippen molar-refractivity contribution in [2.75, 3.05) is 0 Å². The Balaban J connectivity index is 2.53. The van der Waals surface area contributed by atoms with Gasteiger partial charge in [-0.25, -0.2) is 4.39 Å². The fourth-order valence-corrected chi connectivity index (χ4v) is 1.38. The molecular formula is C9H7ClFN3O. The fraction of sp³-hybridized carbons (Fsp3) is 0.111. The van der Waals surface area contributed by atoms with Crippen LogP contribution in [0.2, 0.25) is 5.02 Å². The van der Waals surface area contributed by atoms with Crippen molar-refractivity contribution in [1.29, 1.82) is 0 Å². The molecule has 0 spiro atoms. The third-order valence-corrected chi connectivity index (χ3v) is 2.13. The SMILES string of the molecule is NCc1nnc(-c2c(F)cccc2Cl)o1. The molecule has 4 nitrogen and oxygen atoms in total. The van der Waals surface area contributed by atoms with E-state index >= 15 is 0 Å². The number of benzene rings is 1. The van der Waals surface area contributed by atoms with Crippen LogP contribution in [0, 0.1) is 5.82 Å². The summed E-state index contributed by atoms with van der Waals surface area (Å²) in [4.78, 5) is 0. The van der Waals surface area contributed by atoms with Gasteiger partial charge in [-0.15, -0.1) is 10.2 Å². The van der Waals surface area contributed by atoms with E-state index in [0.717, 1.165) is 0 Å². The second kappa shape index (κ2) is 3.96. The summed E-state index contributed by atoms with van der Waals surface area (Å²) >= 11 is 5.82. The average Bonchev–Trinajstić information content (AvgIpc) is 2.66. The van der Waals surface area contributed by atoms with E-state index in [9.17, 15) is 4.39 Å². The van der Waals surface area contributed by atoms with Crippen molar-refractivity contribution in [1.82, 2.24) is 10.2 Å². The first-order valence-electron chi connectivity index (χ1n) is 4.19. The van der Waals surface area contributed by atoms with Crippen LogP contribution in [0.25, 0.3) is 11.5 Å². The van der Waals surface area contributed by atoms with Crippen molar-refractivity contribution in [2.45, 2.75) is 6.54 Å². The molecule has 0 amide bonds. The molecule has 0 fully saturated rings. The van der Waals surface area contributed by atoms with Crippen molar-refractivity contribution in [3.8, 4) is 11.5 Å². The predicted octanol–water partition coefficient (Wildman–Crippen LogP) is 1.99. The molecule has 0 saturated heterocycles. The summed E-state index contributed by atoms with van der Waals surface area (Å²) in [5.74, 6) is -0.224. The lowest BCUT2D eigenvalue weighted by Crippen LogP contribution is -1.95. The molecule has 0 bridgehead atoms. The average molecular weight is 228 g/mol. The zero-order chi connectivity index (χ0) is 10.8. The van der Waals surface area contributed by atoms with Crippen molar-refractivity contribution >= 4 is 11.6 Å². The minimum absolute atomic E-state index is 0.0403. The maximum absolute atomic E-state index is 13.4. The highest BCUT2D eigenvalue weighted by atomic mass is 35.5. The zero-order valence-electron chi connectivity index (χ0n) is 7.58. The molecule has 1 aromatic carbocycles. The van der Waals surface area contributed by atoms with Crippen LogP contribution in [0.1, 0.15) is 5.89 Å². The minimum Gasteiger partial charge on any atom is -0.419 e. The van der Waals surface area contributed by atoms with Crippen LogP contribution in [-0.4, -0.2) is 10.2 Å². The van der Waals surface area contributed by atoms with Crippen LogP contribution in [0.3, 0.4) is 0 Å². The highest BCUT2D eigenvalue weighted by molar-refractivity contribution is 6.33. The lowest BCUT2D eigenvalue weighted by atomic mass is 10.2. The van der Waals surface area contributed by atoms with E-state index < -0.39 is 5.82 Å². The third-order valence-electron chi connectivity index (χ3n) is 1.82. The second-order valence-electron chi connectivity index (χ2n) is 2.80. The molecule has 0 aliphatic carbocycles. The standard InChI is InChI=1S/C9H7ClFN3O/c10-5-2-1-3-6(11)8(5)9-14-13-7(4-12)15-9/h1-3H,4,12H2. The van der Waals surface area contributed by atoms with Gasteiger partial charge in [-0.05, 0) is 12.1 Å². The Labute approximate surface area is 89.9 Å². The van der Waals surface area contributed by atoms with Crippen LogP contribution in [0.15, 0.2) is 22.6 Å². The smallest absolute Gasteiger partial charge is 0.252 e. The lowest BCUT2D eigenvalue weighted by molar-refractivity contribution is 0.504. The van der Waals surface area contributed by atoms with Gasteiger partial charge < -0.3 is 10.2 Å². The van der Waals surface area contributed by atoms with E-state index in [4.69, 9.17) is 21.8 Å². The summed E-state index contributed by atoms with van der Waals surface area (Å²) < 4.78 is 18.5. The van der Waals surface area contributed by atoms with Crippen LogP contribution in [-0.2, 0) is 6.54 Å². The molecule has 1 aromatic heterocycles. The third kappa shape index (κ3) is 1.84. The minimum atomic E-state index is -0.505. The molecule has 0 atom stereocenters. The lowest BCUT2D eigenvalue weighted by Gasteiger charge is -1.99. The van der Waals surface area contributed by atoms with Crippen molar-refractivity contribution < 1.29 is 8.81 Å². The molecule has 6 heteroatoms. The highest BCUT2D eigenvalue weighted by Gasteiger charge is 2.15. The van der Waals surface area contributed by atoms with Crippen LogP contribution < -0.4 is 5.73 Å². The van der Waals surface area contributed by atoms with E-state index in [1.165, 1.54) is 12.1 Å². The summed E-state index contributed by atoms with van der Waals surface area (Å²) in [6, 6.07) is 4.32. The number of aromatic nitrogens is 2. The van der Waals surface area contributed by atoms with Crippen LogP contribution in [0.5, 0.6) is 0 Å². The molecule has 15 heavy (non-hydrogen) atoms. The first-order valence-corrected chi connectivity index (χ1v) is 4.57. The van der Waals surface area contributed by atoms with Gasteiger partial charge in [0.25, 0.3) is 5.89 Å². The maximum Gasteiger partial charge on any atom is 0.252 e. The number of hydrogen-bond acceptors (Lipinski definition) is 4. The molecule has 1 heterocycles. The maximum atomic E-state index is 13.4. The van der Waals surface area contributed by atoms with Crippen molar-refractivity contribution in [3.63, 3.8) is 0 Å². The number of nitrogens with two attached hydrogens (primary N) is 1. The van der Waals surface area contributed by atoms with E-state index in [1.807, 2.05) is 0 Å². The normalized spacial score (nSPS) is 10.6. The molecule has 2 rings (SSSR count). The Morgan fingerprint density at radius 2 is 2.20 bits per heavy atom. The number of halogens is 2. The monoisotopic (exact) mass is 227 g/mol. The second-order valence-corrected chi connectivity index (χ2v) is 3.21. The number of hydrogen-bond donors (Lipinski definition) is 1. The number of rotatable bonds is 2. The van der Waals surface area contributed by atoms with Gasteiger partial charge in [-0.3, -0.25) is 0 Å². The van der Waals surface area contributed by atoms with Crippen molar-refractivity contribution in [3.05, 3.63) is 34.9 Å². The highest BCUT2D eigenvalue weighted by Crippen LogP contribution is 2.29. The molecule has 0 radical (unpaired) electrons.